The number of rotatable bonds is 8. The fourth-order valence-electron chi connectivity index (χ4n) is 2.80. The van der Waals surface area contributed by atoms with E-state index in [4.69, 9.17) is 4.74 Å². The number of morpholine rings is 1. The van der Waals surface area contributed by atoms with Crippen LogP contribution in [-0.4, -0.2) is 59.9 Å². The van der Waals surface area contributed by atoms with Crippen LogP contribution >= 0.6 is 0 Å². The quantitative estimate of drug-likeness (QED) is 0.711. The van der Waals surface area contributed by atoms with Gasteiger partial charge in [0.25, 0.3) is 0 Å². The zero-order chi connectivity index (χ0) is 15.2. The summed E-state index contributed by atoms with van der Waals surface area (Å²) < 4.78 is 5.71. The Bertz CT molecular complexity index is 301. The van der Waals surface area contributed by atoms with Crippen LogP contribution in [0.5, 0.6) is 0 Å². The number of hydrogen-bond acceptors (Lipinski definition) is 4. The molecule has 20 heavy (non-hydrogen) atoms. The lowest BCUT2D eigenvalue weighted by atomic mass is 9.95. The highest BCUT2D eigenvalue weighted by atomic mass is 16.5. The van der Waals surface area contributed by atoms with Crippen molar-refractivity contribution in [1.29, 1.82) is 0 Å². The van der Waals surface area contributed by atoms with Gasteiger partial charge in [0, 0.05) is 13.1 Å². The molecular formula is C15H30N2O3. The molecule has 0 aromatic heterocycles. The second-order valence-electron chi connectivity index (χ2n) is 6.18. The van der Waals surface area contributed by atoms with E-state index in [1.165, 1.54) is 0 Å². The highest BCUT2D eigenvalue weighted by Crippen LogP contribution is 2.16. The molecule has 5 heteroatoms. The van der Waals surface area contributed by atoms with Gasteiger partial charge in [-0.05, 0) is 53.1 Å². The van der Waals surface area contributed by atoms with E-state index in [1.54, 1.807) is 6.92 Å². The van der Waals surface area contributed by atoms with E-state index in [9.17, 15) is 9.90 Å². The molecule has 0 radical (unpaired) electrons. The van der Waals surface area contributed by atoms with E-state index in [0.717, 1.165) is 39.0 Å². The summed E-state index contributed by atoms with van der Waals surface area (Å²) in [6, 6.07) is 0. The Labute approximate surface area is 122 Å². The summed E-state index contributed by atoms with van der Waals surface area (Å²) in [6.45, 7) is 11.6. The summed E-state index contributed by atoms with van der Waals surface area (Å²) in [5.74, 6) is -0.755. The van der Waals surface area contributed by atoms with Gasteiger partial charge in [-0.3, -0.25) is 9.69 Å². The van der Waals surface area contributed by atoms with Crippen LogP contribution in [0.25, 0.3) is 0 Å². The van der Waals surface area contributed by atoms with Gasteiger partial charge in [0.1, 0.15) is 5.54 Å². The first kappa shape index (κ1) is 17.4. The molecule has 0 aromatic carbocycles. The number of carboxylic acid groups (broad SMARTS) is 1. The molecule has 0 saturated carbocycles. The van der Waals surface area contributed by atoms with Crippen LogP contribution in [0.3, 0.4) is 0 Å². The van der Waals surface area contributed by atoms with Crippen LogP contribution in [0.1, 0.15) is 47.0 Å². The topological polar surface area (TPSA) is 61.8 Å². The fourth-order valence-corrected chi connectivity index (χ4v) is 2.80. The number of hydrogen-bond donors (Lipinski definition) is 2. The summed E-state index contributed by atoms with van der Waals surface area (Å²) in [5.41, 5.74) is -0.806. The standard InChI is InChI=1S/C15H30N2O3/c1-5-8-16-15(4,14(18)19)7-6-9-17-10-12(2)20-13(3)11-17/h12-13,16H,5-11H2,1-4H3,(H,18,19)/t12-,13+,15?. The van der Waals surface area contributed by atoms with Crippen LogP contribution in [-0.2, 0) is 9.53 Å². The maximum atomic E-state index is 11.4. The van der Waals surface area contributed by atoms with Crippen molar-refractivity contribution in [2.45, 2.75) is 64.7 Å². The average molecular weight is 286 g/mol. The first-order valence-electron chi connectivity index (χ1n) is 7.73. The van der Waals surface area contributed by atoms with Gasteiger partial charge in [0.2, 0.25) is 0 Å². The molecule has 1 aliphatic heterocycles. The Kier molecular flexibility index (Phi) is 6.92. The van der Waals surface area contributed by atoms with Gasteiger partial charge in [-0.1, -0.05) is 6.92 Å². The SMILES string of the molecule is CCCNC(C)(CCCN1C[C@@H](C)O[C@@H](C)C1)C(=O)O. The average Bonchev–Trinajstić information content (AvgIpc) is 2.35. The van der Waals surface area contributed by atoms with Gasteiger partial charge >= 0.3 is 5.97 Å². The van der Waals surface area contributed by atoms with Gasteiger partial charge in [0.15, 0.2) is 0 Å². The van der Waals surface area contributed by atoms with Crippen molar-refractivity contribution in [2.75, 3.05) is 26.2 Å². The predicted octanol–water partition coefficient (Wildman–Crippen LogP) is 1.72. The number of carboxylic acids is 1. The van der Waals surface area contributed by atoms with E-state index in [-0.39, 0.29) is 12.2 Å². The number of carbonyl (C=O) groups is 1. The molecule has 118 valence electrons. The van der Waals surface area contributed by atoms with Crippen LogP contribution in [0, 0.1) is 0 Å². The van der Waals surface area contributed by atoms with Crippen LogP contribution in [0.15, 0.2) is 0 Å². The lowest BCUT2D eigenvalue weighted by Crippen LogP contribution is -2.50. The van der Waals surface area contributed by atoms with Crippen molar-refractivity contribution >= 4 is 5.97 Å². The van der Waals surface area contributed by atoms with E-state index >= 15 is 0 Å². The molecule has 0 amide bonds. The van der Waals surface area contributed by atoms with Crippen LogP contribution in [0.4, 0.5) is 0 Å². The lowest BCUT2D eigenvalue weighted by Gasteiger charge is -2.36. The molecule has 0 spiro atoms. The van der Waals surface area contributed by atoms with Crippen molar-refractivity contribution in [3.05, 3.63) is 0 Å². The third-order valence-corrected chi connectivity index (χ3v) is 3.88. The molecule has 5 nitrogen and oxygen atoms in total. The summed E-state index contributed by atoms with van der Waals surface area (Å²) in [7, 11) is 0. The van der Waals surface area contributed by atoms with E-state index in [2.05, 4.69) is 24.1 Å². The minimum absolute atomic E-state index is 0.267. The van der Waals surface area contributed by atoms with Crippen molar-refractivity contribution in [3.8, 4) is 0 Å². The van der Waals surface area contributed by atoms with Crippen molar-refractivity contribution in [1.82, 2.24) is 10.2 Å². The van der Waals surface area contributed by atoms with Gasteiger partial charge in [-0.2, -0.15) is 0 Å². The number of nitrogens with zero attached hydrogens (tertiary/aromatic N) is 1. The van der Waals surface area contributed by atoms with Crippen LogP contribution < -0.4 is 5.32 Å². The number of ether oxygens (including phenoxy) is 1. The summed E-state index contributed by atoms with van der Waals surface area (Å²) in [4.78, 5) is 13.8. The Hall–Kier alpha value is -0.650. The predicted molar refractivity (Wildman–Crippen MR) is 80.0 cm³/mol. The van der Waals surface area contributed by atoms with Gasteiger partial charge in [0.05, 0.1) is 12.2 Å². The van der Waals surface area contributed by atoms with Crippen molar-refractivity contribution in [3.63, 3.8) is 0 Å². The lowest BCUT2D eigenvalue weighted by molar-refractivity contribution is -0.144. The Morgan fingerprint density at radius 1 is 1.40 bits per heavy atom. The molecular weight excluding hydrogens is 256 g/mol. The molecule has 3 atom stereocenters. The zero-order valence-electron chi connectivity index (χ0n) is 13.3. The number of nitrogens with one attached hydrogen (secondary N) is 1. The van der Waals surface area contributed by atoms with Gasteiger partial charge in [-0.25, -0.2) is 0 Å². The highest BCUT2D eigenvalue weighted by molar-refractivity contribution is 5.78. The van der Waals surface area contributed by atoms with Gasteiger partial charge in [-0.15, -0.1) is 0 Å². The zero-order valence-corrected chi connectivity index (χ0v) is 13.3. The minimum atomic E-state index is -0.806. The first-order chi connectivity index (χ1) is 9.37. The molecule has 1 aliphatic rings. The normalized spacial score (nSPS) is 27.2. The third-order valence-electron chi connectivity index (χ3n) is 3.88. The Morgan fingerprint density at radius 2 is 2.00 bits per heavy atom. The van der Waals surface area contributed by atoms with E-state index in [0.29, 0.717) is 6.42 Å². The third kappa shape index (κ3) is 5.38. The second kappa shape index (κ2) is 7.96. The smallest absolute Gasteiger partial charge is 0.323 e. The minimum Gasteiger partial charge on any atom is -0.480 e. The maximum Gasteiger partial charge on any atom is 0.323 e. The first-order valence-corrected chi connectivity index (χ1v) is 7.73. The summed E-state index contributed by atoms with van der Waals surface area (Å²) in [5, 5.41) is 12.5. The molecule has 1 saturated heterocycles. The van der Waals surface area contributed by atoms with Crippen molar-refractivity contribution < 1.29 is 14.6 Å². The molecule has 1 fully saturated rings. The molecule has 0 bridgehead atoms. The molecule has 0 aliphatic carbocycles. The van der Waals surface area contributed by atoms with Gasteiger partial charge < -0.3 is 15.2 Å². The van der Waals surface area contributed by atoms with Crippen molar-refractivity contribution in [2.24, 2.45) is 0 Å². The summed E-state index contributed by atoms with van der Waals surface area (Å²) >= 11 is 0. The Morgan fingerprint density at radius 3 is 2.50 bits per heavy atom. The molecule has 0 aromatic rings. The van der Waals surface area contributed by atoms with Crippen LogP contribution in [0.2, 0.25) is 0 Å². The molecule has 2 N–H and O–H groups in total. The molecule has 1 unspecified atom stereocenters. The molecule has 1 heterocycles. The monoisotopic (exact) mass is 286 g/mol. The fraction of sp³-hybridized carbons (Fsp3) is 0.933. The number of aliphatic carboxylic acids is 1. The second-order valence-corrected chi connectivity index (χ2v) is 6.18. The Balaban J connectivity index is 2.38. The largest absolute Gasteiger partial charge is 0.480 e. The maximum absolute atomic E-state index is 11.4. The van der Waals surface area contributed by atoms with E-state index < -0.39 is 11.5 Å². The highest BCUT2D eigenvalue weighted by Gasteiger charge is 2.32. The van der Waals surface area contributed by atoms with E-state index in [1.807, 2.05) is 6.92 Å². The summed E-state index contributed by atoms with van der Waals surface area (Å²) in [6.07, 6.45) is 3.02. The molecule has 1 rings (SSSR count).